The largest absolute Gasteiger partial charge is 0.496 e. The molecule has 126 valence electrons. The summed E-state index contributed by atoms with van der Waals surface area (Å²) in [6, 6.07) is 6.64. The van der Waals surface area contributed by atoms with Gasteiger partial charge in [-0.05, 0) is 25.8 Å². The van der Waals surface area contributed by atoms with Crippen molar-refractivity contribution >= 4 is 11.8 Å². The number of ether oxygens (including phenoxy) is 1. The minimum atomic E-state index is -0.536. The van der Waals surface area contributed by atoms with Crippen molar-refractivity contribution in [1.82, 2.24) is 15.5 Å². The van der Waals surface area contributed by atoms with Gasteiger partial charge in [-0.25, -0.2) is 0 Å². The molecule has 6 nitrogen and oxygen atoms in total. The van der Waals surface area contributed by atoms with Crippen LogP contribution in [-0.4, -0.2) is 50.0 Å². The molecule has 1 aliphatic heterocycles. The van der Waals surface area contributed by atoms with E-state index in [1.807, 2.05) is 36.1 Å². The molecule has 23 heavy (non-hydrogen) atoms. The fourth-order valence-corrected chi connectivity index (χ4v) is 3.17. The minimum absolute atomic E-state index is 0.0196. The number of benzene rings is 1. The van der Waals surface area contributed by atoms with Crippen LogP contribution in [0.2, 0.25) is 0 Å². The number of likely N-dealkylation sites (N-methyl/N-ethyl adjacent to an activating group) is 2. The first-order chi connectivity index (χ1) is 11.1. The van der Waals surface area contributed by atoms with Crippen molar-refractivity contribution in [2.24, 2.45) is 0 Å². The van der Waals surface area contributed by atoms with Crippen molar-refractivity contribution in [1.29, 1.82) is 0 Å². The predicted octanol–water partition coefficient (Wildman–Crippen LogP) is 1.08. The first kappa shape index (κ1) is 17.3. The number of rotatable bonds is 6. The summed E-state index contributed by atoms with van der Waals surface area (Å²) in [4.78, 5) is 26.9. The smallest absolute Gasteiger partial charge is 0.241 e. The number of para-hydroxylation sites is 1. The Morgan fingerprint density at radius 1 is 1.39 bits per heavy atom. The molecular weight excluding hydrogens is 294 g/mol. The zero-order valence-electron chi connectivity index (χ0n) is 14.0. The molecule has 2 atom stereocenters. The second-order valence-electron chi connectivity index (χ2n) is 5.55. The average molecular weight is 319 g/mol. The first-order valence-corrected chi connectivity index (χ1v) is 8.02. The highest BCUT2D eigenvalue weighted by molar-refractivity contribution is 5.86. The van der Waals surface area contributed by atoms with Crippen LogP contribution in [-0.2, 0) is 9.59 Å². The third kappa shape index (κ3) is 3.64. The van der Waals surface area contributed by atoms with Crippen molar-refractivity contribution < 1.29 is 14.3 Å². The van der Waals surface area contributed by atoms with Gasteiger partial charge >= 0.3 is 0 Å². The van der Waals surface area contributed by atoms with E-state index in [2.05, 4.69) is 10.6 Å². The lowest BCUT2D eigenvalue weighted by Crippen LogP contribution is -2.48. The molecule has 0 aliphatic carbocycles. The van der Waals surface area contributed by atoms with E-state index in [0.717, 1.165) is 18.4 Å². The Labute approximate surface area is 137 Å². The predicted molar refractivity (Wildman–Crippen MR) is 88.2 cm³/mol. The van der Waals surface area contributed by atoms with Crippen LogP contribution in [0.3, 0.4) is 0 Å². The van der Waals surface area contributed by atoms with Gasteiger partial charge in [-0.1, -0.05) is 18.2 Å². The molecule has 0 spiro atoms. The van der Waals surface area contributed by atoms with Gasteiger partial charge < -0.3 is 15.4 Å². The molecule has 2 amide bonds. The molecule has 1 saturated heterocycles. The van der Waals surface area contributed by atoms with Gasteiger partial charge in [-0.2, -0.15) is 0 Å². The van der Waals surface area contributed by atoms with Gasteiger partial charge in [-0.15, -0.1) is 0 Å². The van der Waals surface area contributed by atoms with Gasteiger partial charge in [0.1, 0.15) is 11.8 Å². The Balaban J connectivity index is 2.38. The molecule has 1 heterocycles. The van der Waals surface area contributed by atoms with E-state index < -0.39 is 6.04 Å². The van der Waals surface area contributed by atoms with Gasteiger partial charge in [0.05, 0.1) is 13.2 Å². The third-order valence-electron chi connectivity index (χ3n) is 4.21. The van der Waals surface area contributed by atoms with Crippen molar-refractivity contribution in [2.75, 3.05) is 27.2 Å². The lowest BCUT2D eigenvalue weighted by molar-refractivity contribution is -0.131. The monoisotopic (exact) mass is 319 g/mol. The maximum atomic E-state index is 12.6. The van der Waals surface area contributed by atoms with Crippen molar-refractivity contribution in [3.63, 3.8) is 0 Å². The summed E-state index contributed by atoms with van der Waals surface area (Å²) in [7, 11) is 3.20. The number of nitrogens with one attached hydrogen (secondary N) is 2. The molecule has 1 aromatic rings. The lowest BCUT2D eigenvalue weighted by Gasteiger charge is -2.32. The summed E-state index contributed by atoms with van der Waals surface area (Å²) < 4.78 is 5.42. The van der Waals surface area contributed by atoms with Crippen LogP contribution in [0.25, 0.3) is 0 Å². The van der Waals surface area contributed by atoms with E-state index in [4.69, 9.17) is 4.74 Å². The van der Waals surface area contributed by atoms with Crippen LogP contribution in [0, 0.1) is 0 Å². The van der Waals surface area contributed by atoms with Crippen molar-refractivity contribution in [3.05, 3.63) is 29.8 Å². The fraction of sp³-hybridized carbons (Fsp3) is 0.529. The third-order valence-corrected chi connectivity index (χ3v) is 4.21. The molecule has 6 heteroatoms. The normalized spacial score (nSPS) is 19.2. The van der Waals surface area contributed by atoms with Crippen LogP contribution >= 0.6 is 0 Å². The second kappa shape index (κ2) is 7.97. The number of carbonyl (C=O) groups is 2. The van der Waals surface area contributed by atoms with Gasteiger partial charge in [0.2, 0.25) is 11.8 Å². The van der Waals surface area contributed by atoms with E-state index in [1.54, 1.807) is 14.2 Å². The number of amides is 2. The van der Waals surface area contributed by atoms with Crippen LogP contribution in [0.5, 0.6) is 5.75 Å². The fourth-order valence-electron chi connectivity index (χ4n) is 3.17. The molecule has 0 unspecified atom stereocenters. The Morgan fingerprint density at radius 3 is 2.78 bits per heavy atom. The van der Waals surface area contributed by atoms with Gasteiger partial charge in [0, 0.05) is 25.7 Å². The SMILES string of the molecule is CCNC(=O)[C@@H]1CCCN1[C@@H](C(=O)NC)c1ccccc1OC. The summed E-state index contributed by atoms with van der Waals surface area (Å²) in [5.74, 6) is 0.502. The number of carbonyl (C=O) groups excluding carboxylic acids is 2. The summed E-state index contributed by atoms with van der Waals surface area (Å²) in [5.41, 5.74) is 0.783. The highest BCUT2D eigenvalue weighted by Gasteiger charge is 2.39. The summed E-state index contributed by atoms with van der Waals surface area (Å²) in [5, 5.41) is 5.58. The molecule has 0 radical (unpaired) electrons. The maximum absolute atomic E-state index is 12.6. The zero-order chi connectivity index (χ0) is 16.8. The second-order valence-corrected chi connectivity index (χ2v) is 5.55. The quantitative estimate of drug-likeness (QED) is 0.823. The highest BCUT2D eigenvalue weighted by Crippen LogP contribution is 2.34. The number of likely N-dealkylation sites (tertiary alicyclic amines) is 1. The maximum Gasteiger partial charge on any atom is 0.241 e. The molecule has 0 saturated carbocycles. The number of hydrogen-bond acceptors (Lipinski definition) is 4. The van der Waals surface area contributed by atoms with E-state index in [9.17, 15) is 9.59 Å². The molecule has 0 bridgehead atoms. The molecular formula is C17H25N3O3. The minimum Gasteiger partial charge on any atom is -0.496 e. The van der Waals surface area contributed by atoms with Gasteiger partial charge in [-0.3, -0.25) is 14.5 Å². The van der Waals surface area contributed by atoms with Crippen LogP contribution < -0.4 is 15.4 Å². The zero-order valence-corrected chi connectivity index (χ0v) is 14.0. The molecule has 1 fully saturated rings. The Bertz CT molecular complexity index is 562. The highest BCUT2D eigenvalue weighted by atomic mass is 16.5. The van der Waals surface area contributed by atoms with E-state index in [0.29, 0.717) is 18.8 Å². The van der Waals surface area contributed by atoms with Crippen LogP contribution in [0.4, 0.5) is 0 Å². The molecule has 2 N–H and O–H groups in total. The first-order valence-electron chi connectivity index (χ1n) is 8.02. The number of hydrogen-bond donors (Lipinski definition) is 2. The van der Waals surface area contributed by atoms with E-state index in [-0.39, 0.29) is 17.9 Å². The Morgan fingerprint density at radius 2 is 2.13 bits per heavy atom. The van der Waals surface area contributed by atoms with E-state index >= 15 is 0 Å². The molecule has 2 rings (SSSR count). The summed E-state index contributed by atoms with van der Waals surface area (Å²) >= 11 is 0. The lowest BCUT2D eigenvalue weighted by atomic mass is 10.0. The summed E-state index contributed by atoms with van der Waals surface area (Å²) in [6.07, 6.45) is 1.65. The molecule has 0 aromatic heterocycles. The Kier molecular flexibility index (Phi) is 5.98. The van der Waals surface area contributed by atoms with Crippen LogP contribution in [0.15, 0.2) is 24.3 Å². The number of nitrogens with zero attached hydrogens (tertiary/aromatic N) is 1. The standard InChI is InChI=1S/C17H25N3O3/c1-4-19-16(21)13-9-7-11-20(13)15(17(22)18-2)12-8-5-6-10-14(12)23-3/h5-6,8,10,13,15H,4,7,9,11H2,1-3H3,(H,18,22)(H,19,21)/t13-,15+/m0/s1. The summed E-state index contributed by atoms with van der Waals surface area (Å²) in [6.45, 7) is 3.19. The van der Waals surface area contributed by atoms with Crippen LogP contribution in [0.1, 0.15) is 31.4 Å². The molecule has 1 aliphatic rings. The van der Waals surface area contributed by atoms with Gasteiger partial charge in [0.15, 0.2) is 0 Å². The average Bonchev–Trinajstić information content (AvgIpc) is 3.05. The Hall–Kier alpha value is -2.08. The molecule has 1 aromatic carbocycles. The topological polar surface area (TPSA) is 70.7 Å². The van der Waals surface area contributed by atoms with Crippen molar-refractivity contribution in [3.8, 4) is 5.75 Å². The number of methoxy groups -OCH3 is 1. The van der Waals surface area contributed by atoms with E-state index in [1.165, 1.54) is 0 Å². The van der Waals surface area contributed by atoms with Crippen molar-refractivity contribution in [2.45, 2.75) is 31.8 Å². The van der Waals surface area contributed by atoms with Gasteiger partial charge in [0.25, 0.3) is 0 Å².